The highest BCUT2D eigenvalue weighted by atomic mass is 35.5. The van der Waals surface area contributed by atoms with Crippen LogP contribution >= 0.6 is 23.4 Å². The molecule has 0 aliphatic carbocycles. The number of nitrogens with zero attached hydrogens (tertiary/aromatic N) is 4. The average Bonchev–Trinajstić information content (AvgIpc) is 2.71. The van der Waals surface area contributed by atoms with E-state index in [1.165, 1.54) is 11.8 Å². The molecule has 8 heteroatoms. The Bertz CT molecular complexity index is 1260. The minimum Gasteiger partial charge on any atom is -0.383 e. The number of thioether (sulfide) groups is 1. The third kappa shape index (κ3) is 4.12. The van der Waals surface area contributed by atoms with Crippen LogP contribution in [0.3, 0.4) is 0 Å². The van der Waals surface area contributed by atoms with E-state index in [4.69, 9.17) is 26.3 Å². The van der Waals surface area contributed by atoms with E-state index in [0.29, 0.717) is 40.0 Å². The van der Waals surface area contributed by atoms with Gasteiger partial charge in [0.2, 0.25) is 0 Å². The topological polar surface area (TPSA) is 69.9 Å². The molecule has 6 nitrogen and oxygen atoms in total. The second-order valence-electron chi connectivity index (χ2n) is 6.54. The van der Waals surface area contributed by atoms with Crippen LogP contribution in [0.5, 0.6) is 0 Å². The molecule has 4 rings (SSSR count). The lowest BCUT2D eigenvalue weighted by atomic mass is 10.2. The Morgan fingerprint density at radius 1 is 1.07 bits per heavy atom. The van der Waals surface area contributed by atoms with Crippen molar-refractivity contribution in [2.24, 2.45) is 0 Å². The molecule has 148 valence electrons. The first-order valence-corrected chi connectivity index (χ1v) is 10.5. The largest absolute Gasteiger partial charge is 0.383 e. The zero-order valence-electron chi connectivity index (χ0n) is 16.1. The maximum atomic E-state index is 13.0. The fourth-order valence-corrected chi connectivity index (χ4v) is 4.26. The van der Waals surface area contributed by atoms with Crippen LogP contribution in [0.1, 0.15) is 11.4 Å². The number of aromatic nitrogens is 4. The molecule has 0 fully saturated rings. The maximum absolute atomic E-state index is 13.0. The van der Waals surface area contributed by atoms with Crippen molar-refractivity contribution in [3.63, 3.8) is 0 Å². The van der Waals surface area contributed by atoms with Crippen LogP contribution in [0.25, 0.3) is 21.9 Å². The monoisotopic (exact) mass is 426 g/mol. The summed E-state index contributed by atoms with van der Waals surface area (Å²) in [4.78, 5) is 27.1. The number of fused-ring (bicyclic) bond motifs is 2. The Labute approximate surface area is 176 Å². The number of hydrogen-bond donors (Lipinski definition) is 0. The maximum Gasteiger partial charge on any atom is 0.262 e. The molecule has 0 N–H and O–H groups in total. The zero-order chi connectivity index (χ0) is 20.4. The van der Waals surface area contributed by atoms with Crippen molar-refractivity contribution in [3.8, 4) is 0 Å². The van der Waals surface area contributed by atoms with Gasteiger partial charge < -0.3 is 4.74 Å². The van der Waals surface area contributed by atoms with Crippen molar-refractivity contribution in [3.05, 3.63) is 69.2 Å². The van der Waals surface area contributed by atoms with Crippen LogP contribution in [-0.4, -0.2) is 33.2 Å². The molecule has 0 bridgehead atoms. The third-order valence-corrected chi connectivity index (χ3v) is 5.81. The van der Waals surface area contributed by atoms with E-state index in [9.17, 15) is 4.79 Å². The summed E-state index contributed by atoms with van der Waals surface area (Å²) in [5.41, 5.74) is 3.93. The summed E-state index contributed by atoms with van der Waals surface area (Å²) < 4.78 is 6.82. The SMILES string of the molecule is COCCn1c(SCc2nc3ccccc3nc2C)nc2cc(Cl)ccc2c1=O. The second-order valence-corrected chi connectivity index (χ2v) is 7.92. The van der Waals surface area contributed by atoms with Crippen molar-refractivity contribution in [1.29, 1.82) is 0 Å². The normalized spacial score (nSPS) is 11.4. The number of benzene rings is 2. The van der Waals surface area contributed by atoms with Gasteiger partial charge in [-0.3, -0.25) is 9.36 Å². The van der Waals surface area contributed by atoms with Gasteiger partial charge in [-0.25, -0.2) is 15.0 Å². The number of ether oxygens (including phenoxy) is 1. The van der Waals surface area contributed by atoms with E-state index < -0.39 is 0 Å². The number of rotatable bonds is 6. The molecule has 4 aromatic rings. The molecule has 2 aromatic heterocycles. The minimum atomic E-state index is -0.104. The number of hydrogen-bond acceptors (Lipinski definition) is 6. The van der Waals surface area contributed by atoms with Crippen molar-refractivity contribution in [1.82, 2.24) is 19.5 Å². The Morgan fingerprint density at radius 3 is 2.59 bits per heavy atom. The number of methoxy groups -OCH3 is 1. The highest BCUT2D eigenvalue weighted by Gasteiger charge is 2.14. The van der Waals surface area contributed by atoms with Crippen LogP contribution in [0.4, 0.5) is 0 Å². The van der Waals surface area contributed by atoms with Crippen LogP contribution in [0, 0.1) is 6.92 Å². The van der Waals surface area contributed by atoms with Crippen molar-refractivity contribution in [2.75, 3.05) is 13.7 Å². The predicted molar refractivity (Wildman–Crippen MR) is 117 cm³/mol. The van der Waals surface area contributed by atoms with Crippen LogP contribution in [0.15, 0.2) is 52.4 Å². The molecule has 0 saturated carbocycles. The van der Waals surface area contributed by atoms with Gasteiger partial charge in [-0.15, -0.1) is 0 Å². The van der Waals surface area contributed by atoms with Crippen molar-refractivity contribution < 1.29 is 4.74 Å². The van der Waals surface area contributed by atoms with E-state index in [0.717, 1.165) is 22.4 Å². The van der Waals surface area contributed by atoms with Crippen LogP contribution < -0.4 is 5.56 Å². The summed E-state index contributed by atoms with van der Waals surface area (Å²) in [6, 6.07) is 12.9. The van der Waals surface area contributed by atoms with Gasteiger partial charge in [0, 0.05) is 17.9 Å². The lowest BCUT2D eigenvalue weighted by molar-refractivity contribution is 0.183. The van der Waals surface area contributed by atoms with Gasteiger partial charge in [0.05, 0.1) is 46.5 Å². The summed E-state index contributed by atoms with van der Waals surface area (Å²) >= 11 is 7.56. The summed E-state index contributed by atoms with van der Waals surface area (Å²) in [5, 5.41) is 1.69. The molecule has 0 aliphatic rings. The lowest BCUT2D eigenvalue weighted by Crippen LogP contribution is -2.25. The molecule has 0 amide bonds. The van der Waals surface area contributed by atoms with Gasteiger partial charge in [0.25, 0.3) is 5.56 Å². The number of para-hydroxylation sites is 2. The first-order valence-electron chi connectivity index (χ1n) is 9.11. The number of aryl methyl sites for hydroxylation is 1. The van der Waals surface area contributed by atoms with Crippen molar-refractivity contribution in [2.45, 2.75) is 24.4 Å². The minimum absolute atomic E-state index is 0.104. The smallest absolute Gasteiger partial charge is 0.262 e. The van der Waals surface area contributed by atoms with Gasteiger partial charge in [-0.1, -0.05) is 35.5 Å². The second kappa shape index (κ2) is 8.49. The van der Waals surface area contributed by atoms with E-state index in [-0.39, 0.29) is 5.56 Å². The molecule has 29 heavy (non-hydrogen) atoms. The molecule has 0 saturated heterocycles. The molecular formula is C21H19ClN4O2S. The molecular weight excluding hydrogens is 408 g/mol. The van der Waals surface area contributed by atoms with Crippen molar-refractivity contribution >= 4 is 45.3 Å². The summed E-state index contributed by atoms with van der Waals surface area (Å²) in [7, 11) is 1.61. The Morgan fingerprint density at radius 2 is 1.83 bits per heavy atom. The first kappa shape index (κ1) is 19.8. The molecule has 0 aliphatic heterocycles. The molecule has 2 heterocycles. The Hall–Kier alpha value is -2.48. The molecule has 0 radical (unpaired) electrons. The van der Waals surface area contributed by atoms with Gasteiger partial charge in [0.15, 0.2) is 5.16 Å². The standard InChI is InChI=1S/C21H19ClN4O2S/c1-13-19(24-17-6-4-3-5-16(17)23-13)12-29-21-25-18-11-14(22)7-8-15(18)20(27)26(21)9-10-28-2/h3-8,11H,9-10,12H2,1-2H3. The lowest BCUT2D eigenvalue weighted by Gasteiger charge is -2.13. The van der Waals surface area contributed by atoms with Gasteiger partial charge in [0.1, 0.15) is 0 Å². The third-order valence-electron chi connectivity index (χ3n) is 4.58. The first-order chi connectivity index (χ1) is 14.1. The summed E-state index contributed by atoms with van der Waals surface area (Å²) in [6.07, 6.45) is 0. The fourth-order valence-electron chi connectivity index (χ4n) is 3.06. The average molecular weight is 427 g/mol. The van der Waals surface area contributed by atoms with Crippen LogP contribution in [-0.2, 0) is 17.0 Å². The highest BCUT2D eigenvalue weighted by molar-refractivity contribution is 7.98. The van der Waals surface area contributed by atoms with Gasteiger partial charge in [-0.05, 0) is 37.3 Å². The van der Waals surface area contributed by atoms with Gasteiger partial charge >= 0.3 is 0 Å². The van der Waals surface area contributed by atoms with E-state index in [2.05, 4.69) is 4.98 Å². The molecule has 0 atom stereocenters. The van der Waals surface area contributed by atoms with E-state index >= 15 is 0 Å². The van der Waals surface area contributed by atoms with E-state index in [1.807, 2.05) is 31.2 Å². The Balaban J connectivity index is 1.73. The summed E-state index contributed by atoms with van der Waals surface area (Å²) in [5.74, 6) is 0.551. The molecule has 2 aromatic carbocycles. The number of halogens is 1. The Kier molecular flexibility index (Phi) is 5.80. The zero-order valence-corrected chi connectivity index (χ0v) is 17.6. The molecule has 0 spiro atoms. The van der Waals surface area contributed by atoms with Crippen LogP contribution in [0.2, 0.25) is 5.02 Å². The fraction of sp³-hybridized carbons (Fsp3) is 0.238. The summed E-state index contributed by atoms with van der Waals surface area (Å²) in [6.45, 7) is 2.79. The quantitative estimate of drug-likeness (QED) is 0.339. The predicted octanol–water partition coefficient (Wildman–Crippen LogP) is 4.24. The molecule has 0 unspecified atom stereocenters. The van der Waals surface area contributed by atoms with E-state index in [1.54, 1.807) is 29.9 Å². The van der Waals surface area contributed by atoms with Gasteiger partial charge in [-0.2, -0.15) is 0 Å². The highest BCUT2D eigenvalue weighted by Crippen LogP contribution is 2.24.